The number of unbranched alkanes of at least 4 members (excludes halogenated alkanes) is 2. The number of Topliss-reactive ketones (excluding diaryl/α,β-unsaturated/α-hetero) is 1. The summed E-state index contributed by atoms with van der Waals surface area (Å²) in [4.78, 5) is 109. The lowest BCUT2D eigenvalue weighted by Crippen LogP contribution is -2.46. The first kappa shape index (κ1) is 62.0. The quantitative estimate of drug-likeness (QED) is 0.0228. The van der Waals surface area contributed by atoms with Crippen molar-refractivity contribution in [3.63, 3.8) is 0 Å². The van der Waals surface area contributed by atoms with E-state index in [-0.39, 0.29) is 99.1 Å². The van der Waals surface area contributed by atoms with Gasteiger partial charge >= 0.3 is 12.1 Å². The number of halogens is 3. The van der Waals surface area contributed by atoms with E-state index in [1.807, 2.05) is 51.1 Å². The van der Waals surface area contributed by atoms with E-state index in [0.717, 1.165) is 28.7 Å². The van der Waals surface area contributed by atoms with Gasteiger partial charge in [0.15, 0.2) is 5.78 Å². The highest BCUT2D eigenvalue weighted by Gasteiger charge is 2.39. The normalized spacial score (nSPS) is 13.9. The van der Waals surface area contributed by atoms with Crippen molar-refractivity contribution in [3.8, 4) is 11.3 Å². The van der Waals surface area contributed by atoms with Crippen LogP contribution >= 0.6 is 0 Å². The van der Waals surface area contributed by atoms with Crippen molar-refractivity contribution in [2.45, 2.75) is 117 Å². The number of alkyl halides is 1. The molecule has 0 bridgehead atoms. The third kappa shape index (κ3) is 18.9. The highest BCUT2D eigenvalue weighted by Crippen LogP contribution is 2.40. The maximum atomic E-state index is 15.2. The molecule has 0 saturated carbocycles. The molecule has 1 aromatic heterocycles. The Morgan fingerprint density at radius 2 is 1.56 bits per heavy atom. The van der Waals surface area contributed by atoms with Crippen molar-refractivity contribution in [2.24, 2.45) is 23.0 Å². The number of carbonyl (C=O) groups is 8. The second-order valence-corrected chi connectivity index (χ2v) is 20.8. The number of nitrogens with two attached hydrogens (primary N) is 1. The molecular formula is C57H72F3N9O10. The number of ketones is 1. The summed E-state index contributed by atoms with van der Waals surface area (Å²) in [5, 5.41) is 20.8. The zero-order valence-electron chi connectivity index (χ0n) is 45.3. The number of nitrogens with zero attached hydrogens (tertiary/aromatic N) is 4. The maximum Gasteiger partial charge on any atom is 0.407 e. The Kier molecular flexibility index (Phi) is 23.3. The Balaban J connectivity index is 1.18. The van der Waals surface area contributed by atoms with Crippen molar-refractivity contribution in [1.29, 1.82) is 0 Å². The van der Waals surface area contributed by atoms with Crippen LogP contribution < -0.4 is 27.0 Å². The van der Waals surface area contributed by atoms with Crippen molar-refractivity contribution in [1.82, 2.24) is 35.3 Å². The Bertz CT molecular complexity index is 2770. The number of carbonyl (C=O) groups excluding carboxylic acids is 8. The number of alkyl carbamates (subject to hydrolysis) is 1. The lowest BCUT2D eigenvalue weighted by molar-refractivity contribution is -0.140. The zero-order valence-corrected chi connectivity index (χ0v) is 45.3. The number of rotatable bonds is 30. The molecule has 19 nitrogen and oxygen atoms in total. The SMILES string of the molecule is CC(C)[C@H](NC(=O)CCCCCN1C(=O)C=CC1=O)C(=O)C[C@@H](CCCNC(N)=O)C(=O)Nc1ccc(COC(=O)N[C@H](CF)CCN(C(=O)CO)[C@@H](c2nc(-c3cc(F)ccc3F)cn2Cc2ccccc2)C(C)(C)C)cc1. The van der Waals surface area contributed by atoms with Crippen LogP contribution in [0.25, 0.3) is 11.3 Å². The van der Waals surface area contributed by atoms with Gasteiger partial charge < -0.3 is 46.3 Å². The van der Waals surface area contributed by atoms with E-state index in [4.69, 9.17) is 15.5 Å². The first-order valence-corrected chi connectivity index (χ1v) is 26.3. The van der Waals surface area contributed by atoms with Crippen molar-refractivity contribution >= 4 is 53.1 Å². The number of imidazole rings is 1. The van der Waals surface area contributed by atoms with Crippen LogP contribution in [0.5, 0.6) is 0 Å². The number of nitrogens with one attached hydrogen (secondary N) is 4. The van der Waals surface area contributed by atoms with Gasteiger partial charge in [-0.1, -0.05) is 83.5 Å². The molecule has 4 aromatic rings. The molecule has 0 saturated heterocycles. The second kappa shape index (κ2) is 29.7. The topological polar surface area (TPSA) is 264 Å². The number of aliphatic hydroxyl groups is 1. The molecule has 426 valence electrons. The molecule has 1 aliphatic rings. The fraction of sp³-hybridized carbons (Fsp3) is 0.456. The van der Waals surface area contributed by atoms with Crippen LogP contribution in [0.15, 0.2) is 91.1 Å². The van der Waals surface area contributed by atoms with E-state index >= 15 is 4.39 Å². The van der Waals surface area contributed by atoms with E-state index in [0.29, 0.717) is 42.8 Å². The van der Waals surface area contributed by atoms with E-state index < -0.39 is 78.3 Å². The molecule has 22 heteroatoms. The summed E-state index contributed by atoms with van der Waals surface area (Å²) in [6.45, 7) is 7.28. The summed E-state index contributed by atoms with van der Waals surface area (Å²) >= 11 is 0. The summed E-state index contributed by atoms with van der Waals surface area (Å²) in [5.74, 6) is -4.98. The number of hydrogen-bond donors (Lipinski definition) is 6. The predicted molar refractivity (Wildman–Crippen MR) is 288 cm³/mol. The van der Waals surface area contributed by atoms with Crippen molar-refractivity contribution in [2.75, 3.05) is 38.2 Å². The number of ether oxygens (including phenoxy) is 1. The van der Waals surface area contributed by atoms with E-state index in [2.05, 4.69) is 21.3 Å². The van der Waals surface area contributed by atoms with Crippen molar-refractivity contribution < 1.29 is 61.4 Å². The standard InChI is InChI=1S/C57H72F3N9O10/c1-36(2)51(66-47(72)16-10-7-11-27-68-48(73)23-24-49(68)74)46(71)29-39(15-12-26-62-55(61)77)54(76)63-41-20-17-38(18-21-41)35-79-56(78)64-42(31-58)25-28-69(50(75)34-70)52(57(3,4)5)53-65-45(43-30-40(59)19-22-44(43)60)33-67(53)32-37-13-8-6-9-14-37/h6,8-9,13-14,17-24,30,33,36,39,42,51-52,70H,7,10-12,15-16,25-29,31-32,34-35H2,1-5H3,(H,63,76)(H,64,78)(H,66,72)(H3,61,62,77)/t39-,42+,51+,52+/m1/s1. The Hall–Kier alpha value is -7.88. The van der Waals surface area contributed by atoms with Gasteiger partial charge in [0.05, 0.1) is 23.8 Å². The average Bonchev–Trinajstić information content (AvgIpc) is 4.10. The van der Waals surface area contributed by atoms with Crippen LogP contribution in [0.1, 0.15) is 109 Å². The van der Waals surface area contributed by atoms with Gasteiger partial charge in [0.1, 0.15) is 37.3 Å². The van der Waals surface area contributed by atoms with E-state index in [1.165, 1.54) is 17.1 Å². The van der Waals surface area contributed by atoms with Gasteiger partial charge in [-0.25, -0.2) is 27.7 Å². The number of imide groups is 1. The van der Waals surface area contributed by atoms with Crippen LogP contribution in [-0.4, -0.2) is 117 Å². The number of amides is 8. The zero-order chi connectivity index (χ0) is 57.8. The summed E-state index contributed by atoms with van der Waals surface area (Å²) in [7, 11) is 0. The average molecular weight is 1100 g/mol. The number of primary amides is 1. The molecule has 0 aliphatic carbocycles. The summed E-state index contributed by atoms with van der Waals surface area (Å²) in [5.41, 5.74) is 6.11. The van der Waals surface area contributed by atoms with Gasteiger partial charge in [-0.15, -0.1) is 0 Å². The molecule has 3 aromatic carbocycles. The lowest BCUT2D eigenvalue weighted by Gasteiger charge is -2.40. The molecule has 1 aliphatic heterocycles. The third-order valence-electron chi connectivity index (χ3n) is 13.2. The minimum atomic E-state index is -1.15. The predicted octanol–water partition coefficient (Wildman–Crippen LogP) is 7.03. The van der Waals surface area contributed by atoms with Gasteiger partial charge in [-0.3, -0.25) is 33.7 Å². The maximum absolute atomic E-state index is 15.2. The van der Waals surface area contributed by atoms with Crippen LogP contribution in [-0.2, 0) is 46.7 Å². The van der Waals surface area contributed by atoms with Gasteiger partial charge in [0, 0.05) is 74.5 Å². The molecule has 4 atom stereocenters. The van der Waals surface area contributed by atoms with Crippen molar-refractivity contribution in [3.05, 3.63) is 120 Å². The monoisotopic (exact) mass is 1100 g/mol. The van der Waals surface area contributed by atoms with Crippen LogP contribution in [0.2, 0.25) is 0 Å². The highest BCUT2D eigenvalue weighted by molar-refractivity contribution is 6.12. The number of aliphatic hydroxyl groups excluding tert-OH is 1. The smallest absolute Gasteiger partial charge is 0.407 e. The minimum Gasteiger partial charge on any atom is -0.445 e. The molecule has 2 heterocycles. The van der Waals surface area contributed by atoms with Crippen LogP contribution in [0.3, 0.4) is 0 Å². The fourth-order valence-corrected chi connectivity index (χ4v) is 9.13. The Morgan fingerprint density at radius 3 is 2.19 bits per heavy atom. The molecule has 8 amide bonds. The summed E-state index contributed by atoms with van der Waals surface area (Å²) in [6, 6.07) is 14.9. The summed E-state index contributed by atoms with van der Waals surface area (Å²) in [6.07, 6.45) is 4.80. The molecular weight excluding hydrogens is 1030 g/mol. The van der Waals surface area contributed by atoms with Gasteiger partial charge in [0.2, 0.25) is 17.7 Å². The van der Waals surface area contributed by atoms with Gasteiger partial charge in [-0.2, -0.15) is 0 Å². The number of urea groups is 1. The van der Waals surface area contributed by atoms with E-state index in [9.17, 15) is 52.2 Å². The number of benzene rings is 3. The number of aromatic nitrogens is 2. The first-order valence-electron chi connectivity index (χ1n) is 26.3. The Labute approximate surface area is 457 Å². The fourth-order valence-electron chi connectivity index (χ4n) is 9.13. The first-order chi connectivity index (χ1) is 37.6. The minimum absolute atomic E-state index is 0.0992. The molecule has 0 unspecified atom stereocenters. The molecule has 0 fully saturated rings. The number of anilines is 1. The summed E-state index contributed by atoms with van der Waals surface area (Å²) < 4.78 is 51.4. The molecule has 79 heavy (non-hydrogen) atoms. The van der Waals surface area contributed by atoms with E-state index in [1.54, 1.807) is 48.9 Å². The molecule has 5 rings (SSSR count). The highest BCUT2D eigenvalue weighted by atomic mass is 19.1. The molecule has 7 N–H and O–H groups in total. The van der Waals surface area contributed by atoms with Crippen LogP contribution in [0, 0.1) is 28.9 Å². The third-order valence-corrected chi connectivity index (χ3v) is 13.2. The second-order valence-electron chi connectivity index (χ2n) is 20.8. The van der Waals surface area contributed by atoms with Crippen LogP contribution in [0.4, 0.5) is 28.4 Å². The van der Waals surface area contributed by atoms with Gasteiger partial charge in [-0.05, 0) is 84.9 Å². The molecule has 0 spiro atoms. The molecule has 0 radical (unpaired) electrons. The lowest BCUT2D eigenvalue weighted by atomic mass is 9.84. The largest absolute Gasteiger partial charge is 0.445 e. The van der Waals surface area contributed by atoms with Gasteiger partial charge in [0.25, 0.3) is 11.8 Å². The number of hydrogen-bond acceptors (Lipinski definition) is 11. The Morgan fingerprint density at radius 1 is 0.861 bits per heavy atom.